The lowest BCUT2D eigenvalue weighted by Crippen LogP contribution is -2.33. The minimum Gasteiger partial charge on any atom is -0.454 e. The van der Waals surface area contributed by atoms with Gasteiger partial charge in [-0.15, -0.1) is 0 Å². The minimum absolute atomic E-state index is 0.101. The van der Waals surface area contributed by atoms with E-state index in [1.54, 1.807) is 30.3 Å². The highest BCUT2D eigenvalue weighted by Gasteiger charge is 2.32. The van der Waals surface area contributed by atoms with E-state index in [1.165, 1.54) is 23.4 Å². The third-order valence-corrected chi connectivity index (χ3v) is 7.13. The Morgan fingerprint density at radius 3 is 2.41 bits per heavy atom. The number of anilines is 2. The molecular formula is C24H24N2O5S. The predicted molar refractivity (Wildman–Crippen MR) is 123 cm³/mol. The van der Waals surface area contributed by atoms with E-state index in [1.807, 2.05) is 38.1 Å². The predicted octanol–water partition coefficient (Wildman–Crippen LogP) is 4.64. The fourth-order valence-electron chi connectivity index (χ4n) is 3.69. The molecule has 0 aliphatic carbocycles. The molecule has 166 valence electrons. The first-order valence-corrected chi connectivity index (χ1v) is 11.6. The number of amides is 1. The number of nitrogens with zero attached hydrogens (tertiary/aromatic N) is 1. The summed E-state index contributed by atoms with van der Waals surface area (Å²) < 4.78 is 39.9. The SMILES string of the molecule is CC(=O)Nc1ccc(S(=O)(=O)N(c2ccc3c(c2)OCO3)[C@@H](C)c2cccc(C)c2)cc1. The second-order valence-corrected chi connectivity index (χ2v) is 9.45. The van der Waals surface area contributed by atoms with Gasteiger partial charge < -0.3 is 14.8 Å². The quantitative estimate of drug-likeness (QED) is 0.589. The molecule has 1 amide bonds. The first kappa shape index (κ1) is 21.7. The van der Waals surface area contributed by atoms with E-state index in [-0.39, 0.29) is 17.6 Å². The zero-order valence-corrected chi connectivity index (χ0v) is 18.8. The van der Waals surface area contributed by atoms with Crippen molar-refractivity contribution >= 4 is 27.3 Å². The van der Waals surface area contributed by atoms with Crippen LogP contribution in [0.2, 0.25) is 0 Å². The Morgan fingerprint density at radius 1 is 1.00 bits per heavy atom. The number of rotatable bonds is 6. The molecule has 0 saturated carbocycles. The third kappa shape index (κ3) is 4.27. The summed E-state index contributed by atoms with van der Waals surface area (Å²) in [4.78, 5) is 11.4. The van der Waals surface area contributed by atoms with Gasteiger partial charge in [0, 0.05) is 18.7 Å². The Balaban J connectivity index is 1.80. The Hall–Kier alpha value is -3.52. The van der Waals surface area contributed by atoms with Crippen LogP contribution in [0.15, 0.2) is 71.6 Å². The van der Waals surface area contributed by atoms with Gasteiger partial charge in [0.15, 0.2) is 11.5 Å². The molecule has 32 heavy (non-hydrogen) atoms. The van der Waals surface area contributed by atoms with Crippen LogP contribution in [0.5, 0.6) is 11.5 Å². The number of sulfonamides is 1. The number of hydrogen-bond donors (Lipinski definition) is 1. The second kappa shape index (κ2) is 8.55. The lowest BCUT2D eigenvalue weighted by atomic mass is 10.1. The van der Waals surface area contributed by atoms with Crippen molar-refractivity contribution in [1.29, 1.82) is 0 Å². The van der Waals surface area contributed by atoms with Gasteiger partial charge in [0.1, 0.15) is 0 Å². The summed E-state index contributed by atoms with van der Waals surface area (Å²) in [6, 6.07) is 18.5. The van der Waals surface area contributed by atoms with Crippen LogP contribution in [0.4, 0.5) is 11.4 Å². The van der Waals surface area contributed by atoms with Crippen LogP contribution in [0.3, 0.4) is 0 Å². The largest absolute Gasteiger partial charge is 0.454 e. The molecule has 0 spiro atoms. The number of hydrogen-bond acceptors (Lipinski definition) is 5. The van der Waals surface area contributed by atoms with Gasteiger partial charge in [-0.05, 0) is 55.8 Å². The summed E-state index contributed by atoms with van der Waals surface area (Å²) in [5.41, 5.74) is 2.89. The van der Waals surface area contributed by atoms with Crippen LogP contribution in [0, 0.1) is 6.92 Å². The summed E-state index contributed by atoms with van der Waals surface area (Å²) in [7, 11) is -3.95. The van der Waals surface area contributed by atoms with E-state index >= 15 is 0 Å². The van der Waals surface area contributed by atoms with Crippen LogP contribution < -0.4 is 19.1 Å². The highest BCUT2D eigenvalue weighted by molar-refractivity contribution is 7.92. The lowest BCUT2D eigenvalue weighted by molar-refractivity contribution is -0.114. The maximum atomic E-state index is 13.8. The maximum absolute atomic E-state index is 13.8. The van der Waals surface area contributed by atoms with E-state index in [4.69, 9.17) is 9.47 Å². The maximum Gasteiger partial charge on any atom is 0.264 e. The molecule has 1 N–H and O–H groups in total. The number of ether oxygens (including phenoxy) is 2. The van der Waals surface area contributed by atoms with E-state index in [0.29, 0.717) is 22.9 Å². The fourth-order valence-corrected chi connectivity index (χ4v) is 5.32. The highest BCUT2D eigenvalue weighted by atomic mass is 32.2. The normalized spacial score (nSPS) is 13.5. The molecule has 0 saturated heterocycles. The molecule has 0 fully saturated rings. The standard InChI is InChI=1S/C24H24N2O5S/c1-16-5-4-6-19(13-16)17(2)26(21-9-12-23-24(14-21)31-15-30-23)32(28,29)22-10-7-20(8-11-22)25-18(3)27/h4-14,17H,15H2,1-3H3,(H,25,27)/t17-/m0/s1. The van der Waals surface area contributed by atoms with Crippen molar-refractivity contribution in [3.63, 3.8) is 0 Å². The minimum atomic E-state index is -3.95. The summed E-state index contributed by atoms with van der Waals surface area (Å²) in [6.45, 7) is 5.32. The third-order valence-electron chi connectivity index (χ3n) is 5.22. The Labute approximate surface area is 187 Å². The van der Waals surface area contributed by atoms with Gasteiger partial charge in [-0.2, -0.15) is 0 Å². The van der Waals surface area contributed by atoms with Crippen molar-refractivity contribution in [1.82, 2.24) is 0 Å². The molecule has 4 rings (SSSR count). The molecule has 8 heteroatoms. The summed E-state index contributed by atoms with van der Waals surface area (Å²) in [6.07, 6.45) is 0. The molecule has 1 atom stereocenters. The first-order valence-electron chi connectivity index (χ1n) is 10.1. The van der Waals surface area contributed by atoms with E-state index in [9.17, 15) is 13.2 Å². The number of benzene rings is 3. The molecule has 7 nitrogen and oxygen atoms in total. The van der Waals surface area contributed by atoms with E-state index in [2.05, 4.69) is 5.32 Å². The van der Waals surface area contributed by atoms with Gasteiger partial charge >= 0.3 is 0 Å². The smallest absolute Gasteiger partial charge is 0.264 e. The van der Waals surface area contributed by atoms with E-state index < -0.39 is 16.1 Å². The van der Waals surface area contributed by atoms with Crippen molar-refractivity contribution in [3.05, 3.63) is 77.9 Å². The van der Waals surface area contributed by atoms with Crippen LogP contribution in [0.25, 0.3) is 0 Å². The Kier molecular flexibility index (Phi) is 5.80. The fraction of sp³-hybridized carbons (Fsp3) is 0.208. The van der Waals surface area contributed by atoms with Crippen molar-refractivity contribution in [3.8, 4) is 11.5 Å². The molecule has 3 aromatic carbocycles. The van der Waals surface area contributed by atoms with Crippen molar-refractivity contribution < 1.29 is 22.7 Å². The van der Waals surface area contributed by atoms with Gasteiger partial charge in [-0.3, -0.25) is 9.10 Å². The molecule has 0 unspecified atom stereocenters. The van der Waals surface area contributed by atoms with Crippen molar-refractivity contribution in [2.45, 2.75) is 31.7 Å². The van der Waals surface area contributed by atoms with Gasteiger partial charge in [0.05, 0.1) is 16.6 Å². The topological polar surface area (TPSA) is 84.9 Å². The number of aryl methyl sites for hydroxylation is 1. The van der Waals surface area contributed by atoms with Gasteiger partial charge in [-0.25, -0.2) is 8.42 Å². The molecular weight excluding hydrogens is 428 g/mol. The monoisotopic (exact) mass is 452 g/mol. The molecule has 0 aromatic heterocycles. The van der Waals surface area contributed by atoms with Crippen molar-refractivity contribution in [2.24, 2.45) is 0 Å². The van der Waals surface area contributed by atoms with Gasteiger partial charge in [0.25, 0.3) is 10.0 Å². The van der Waals surface area contributed by atoms with Crippen LogP contribution >= 0.6 is 0 Å². The summed E-state index contributed by atoms with van der Waals surface area (Å²) in [5.74, 6) is 0.852. The highest BCUT2D eigenvalue weighted by Crippen LogP contribution is 2.40. The number of fused-ring (bicyclic) bond motifs is 1. The molecule has 3 aromatic rings. The van der Waals surface area contributed by atoms with Crippen LogP contribution in [-0.4, -0.2) is 21.1 Å². The zero-order chi connectivity index (χ0) is 22.9. The second-order valence-electron chi connectivity index (χ2n) is 7.63. The van der Waals surface area contributed by atoms with Gasteiger partial charge in [-0.1, -0.05) is 29.8 Å². The molecule has 1 aliphatic heterocycles. The van der Waals surface area contributed by atoms with Crippen molar-refractivity contribution in [2.75, 3.05) is 16.4 Å². The Bertz CT molecular complexity index is 1260. The summed E-state index contributed by atoms with van der Waals surface area (Å²) in [5, 5.41) is 2.65. The van der Waals surface area contributed by atoms with Gasteiger partial charge in [0.2, 0.25) is 12.7 Å². The average molecular weight is 453 g/mol. The number of nitrogens with one attached hydrogen (secondary N) is 1. The Morgan fingerprint density at radius 2 is 1.72 bits per heavy atom. The molecule has 1 heterocycles. The zero-order valence-electron chi connectivity index (χ0n) is 18.0. The van der Waals surface area contributed by atoms with Crippen LogP contribution in [-0.2, 0) is 14.8 Å². The number of carbonyl (C=O) groups is 1. The van der Waals surface area contributed by atoms with Crippen LogP contribution in [0.1, 0.15) is 31.0 Å². The molecule has 0 bridgehead atoms. The molecule has 0 radical (unpaired) electrons. The lowest BCUT2D eigenvalue weighted by Gasteiger charge is -2.31. The first-order chi connectivity index (χ1) is 15.3. The number of carbonyl (C=O) groups excluding carboxylic acids is 1. The summed E-state index contributed by atoms with van der Waals surface area (Å²) >= 11 is 0. The van der Waals surface area contributed by atoms with E-state index in [0.717, 1.165) is 11.1 Å². The molecule has 1 aliphatic rings. The average Bonchev–Trinajstić information content (AvgIpc) is 3.21.